The van der Waals surface area contributed by atoms with Crippen LogP contribution in [0, 0.1) is 0 Å². The fourth-order valence-electron chi connectivity index (χ4n) is 4.53. The molecule has 1 aliphatic rings. The molecule has 1 atom stereocenters. The molecule has 0 spiro atoms. The number of alkyl halides is 2. The van der Waals surface area contributed by atoms with Gasteiger partial charge in [-0.25, -0.2) is 23.3 Å². The molecule has 1 N–H and O–H groups in total. The molecule has 4 heterocycles. The molecule has 4 aromatic heterocycles. The second kappa shape index (κ2) is 8.01. The lowest BCUT2D eigenvalue weighted by Crippen LogP contribution is -2.22. The number of carbonyl (C=O) groups excluding carboxylic acids is 1. The van der Waals surface area contributed by atoms with Gasteiger partial charge in [0.2, 0.25) is 11.8 Å². The van der Waals surface area contributed by atoms with Crippen molar-refractivity contribution in [2.75, 3.05) is 12.4 Å². The van der Waals surface area contributed by atoms with Crippen molar-refractivity contribution >= 4 is 29.0 Å². The molecule has 0 saturated heterocycles. The number of carbonyl (C=O) groups is 1. The standard InChI is InChI=1S/C22H19ClF2N6O3/c1-22(2)6-11(12-7-27-16-5-14(23)30-31(16)18(12)22)20(32)28-15-4-10(19(24)25)17(21(29-15)33-3)13-8-26-9-34-13/h4-5,7-9,11,19H,6H2,1-3H3,(H,28,29,32). The fourth-order valence-corrected chi connectivity index (χ4v) is 4.70. The number of pyridine rings is 1. The first-order valence-corrected chi connectivity index (χ1v) is 10.7. The van der Waals surface area contributed by atoms with Crippen molar-refractivity contribution in [1.82, 2.24) is 24.6 Å². The minimum Gasteiger partial charge on any atom is -0.480 e. The van der Waals surface area contributed by atoms with Crippen molar-refractivity contribution in [1.29, 1.82) is 0 Å². The lowest BCUT2D eigenvalue weighted by atomic mass is 9.88. The third kappa shape index (κ3) is 3.56. The van der Waals surface area contributed by atoms with Crippen LogP contribution in [0.1, 0.15) is 49.4 Å². The number of methoxy groups -OCH3 is 1. The smallest absolute Gasteiger partial charge is 0.264 e. The van der Waals surface area contributed by atoms with Crippen molar-refractivity contribution in [3.63, 3.8) is 0 Å². The number of hydrogen-bond donors (Lipinski definition) is 1. The molecule has 34 heavy (non-hydrogen) atoms. The quantitative estimate of drug-likeness (QED) is 0.430. The molecule has 0 aliphatic heterocycles. The zero-order chi connectivity index (χ0) is 24.2. The third-order valence-electron chi connectivity index (χ3n) is 5.90. The second-order valence-electron chi connectivity index (χ2n) is 8.58. The molecule has 0 aromatic carbocycles. The molecule has 0 saturated carbocycles. The summed E-state index contributed by atoms with van der Waals surface area (Å²) in [5.41, 5.74) is 1.25. The zero-order valence-corrected chi connectivity index (χ0v) is 19.1. The largest absolute Gasteiger partial charge is 0.480 e. The first-order chi connectivity index (χ1) is 16.2. The van der Waals surface area contributed by atoms with Gasteiger partial charge in [-0.05, 0) is 12.5 Å². The molecule has 12 heteroatoms. The summed E-state index contributed by atoms with van der Waals surface area (Å²) in [6.07, 6.45) is 1.63. The Labute approximate surface area is 197 Å². The normalized spacial score (nSPS) is 16.7. The molecule has 0 bridgehead atoms. The highest BCUT2D eigenvalue weighted by Crippen LogP contribution is 2.46. The monoisotopic (exact) mass is 488 g/mol. The molecule has 1 aliphatic carbocycles. The van der Waals surface area contributed by atoms with E-state index >= 15 is 0 Å². The number of rotatable bonds is 5. The van der Waals surface area contributed by atoms with Crippen LogP contribution in [0.2, 0.25) is 5.15 Å². The van der Waals surface area contributed by atoms with Gasteiger partial charge in [0.15, 0.2) is 23.0 Å². The van der Waals surface area contributed by atoms with E-state index in [1.54, 1.807) is 16.8 Å². The highest BCUT2D eigenvalue weighted by atomic mass is 35.5. The van der Waals surface area contributed by atoms with Gasteiger partial charge in [-0.1, -0.05) is 25.4 Å². The minimum atomic E-state index is -2.87. The van der Waals surface area contributed by atoms with Crippen LogP contribution in [0.4, 0.5) is 14.6 Å². The van der Waals surface area contributed by atoms with E-state index in [0.717, 1.165) is 18.2 Å². The first kappa shape index (κ1) is 22.2. The number of aromatic nitrogens is 5. The van der Waals surface area contributed by atoms with E-state index in [9.17, 15) is 13.6 Å². The van der Waals surface area contributed by atoms with Gasteiger partial charge in [0.1, 0.15) is 5.82 Å². The van der Waals surface area contributed by atoms with Crippen molar-refractivity contribution in [3.8, 4) is 17.2 Å². The Morgan fingerprint density at radius 3 is 2.82 bits per heavy atom. The predicted octanol–water partition coefficient (Wildman–Crippen LogP) is 4.78. The summed E-state index contributed by atoms with van der Waals surface area (Å²) in [5.74, 6) is -1.11. The lowest BCUT2D eigenvalue weighted by Gasteiger charge is -2.19. The van der Waals surface area contributed by atoms with Gasteiger partial charge in [-0.15, -0.1) is 0 Å². The molecular weight excluding hydrogens is 470 g/mol. The Kier molecular flexibility index (Phi) is 5.23. The van der Waals surface area contributed by atoms with Crippen LogP contribution >= 0.6 is 11.6 Å². The van der Waals surface area contributed by atoms with Crippen molar-refractivity contribution in [2.45, 2.75) is 38.0 Å². The Morgan fingerprint density at radius 1 is 1.35 bits per heavy atom. The van der Waals surface area contributed by atoms with E-state index in [4.69, 9.17) is 20.8 Å². The Bertz CT molecular complexity index is 1400. The van der Waals surface area contributed by atoms with E-state index in [2.05, 4.69) is 25.4 Å². The summed E-state index contributed by atoms with van der Waals surface area (Å²) < 4.78 is 39.9. The number of amides is 1. The number of ether oxygens (including phenoxy) is 1. The van der Waals surface area contributed by atoms with Crippen LogP contribution in [-0.2, 0) is 10.2 Å². The van der Waals surface area contributed by atoms with Crippen molar-refractivity contribution < 1.29 is 22.7 Å². The van der Waals surface area contributed by atoms with E-state index in [-0.39, 0.29) is 23.0 Å². The third-order valence-corrected chi connectivity index (χ3v) is 6.09. The van der Waals surface area contributed by atoms with Gasteiger partial charge in [-0.3, -0.25) is 4.79 Å². The summed E-state index contributed by atoms with van der Waals surface area (Å²) in [6.45, 7) is 3.99. The van der Waals surface area contributed by atoms with E-state index in [0.29, 0.717) is 22.8 Å². The first-order valence-electron chi connectivity index (χ1n) is 10.3. The van der Waals surface area contributed by atoms with E-state index < -0.39 is 29.2 Å². The molecule has 4 aromatic rings. The Balaban J connectivity index is 1.52. The summed E-state index contributed by atoms with van der Waals surface area (Å²) in [5, 5.41) is 7.27. The number of fused-ring (bicyclic) bond motifs is 3. The van der Waals surface area contributed by atoms with E-state index in [1.807, 2.05) is 13.8 Å². The van der Waals surface area contributed by atoms with Gasteiger partial charge in [-0.2, -0.15) is 10.1 Å². The average Bonchev–Trinajstić information content (AvgIpc) is 3.50. The maximum Gasteiger partial charge on any atom is 0.264 e. The minimum absolute atomic E-state index is 0.0255. The number of nitrogens with zero attached hydrogens (tertiary/aromatic N) is 5. The van der Waals surface area contributed by atoms with Gasteiger partial charge in [0.25, 0.3) is 6.43 Å². The summed E-state index contributed by atoms with van der Waals surface area (Å²) in [7, 11) is 1.30. The SMILES string of the molecule is COc1nc(NC(=O)C2CC(C)(C)c3c2cnc2cc(Cl)nn32)cc(C(F)F)c1-c1cnco1. The fraction of sp³-hybridized carbons (Fsp3) is 0.318. The van der Waals surface area contributed by atoms with Crippen LogP contribution in [-0.4, -0.2) is 37.6 Å². The molecule has 1 amide bonds. The second-order valence-corrected chi connectivity index (χ2v) is 8.96. The molecule has 176 valence electrons. The van der Waals surface area contributed by atoms with Crippen LogP contribution in [0.3, 0.4) is 0 Å². The predicted molar refractivity (Wildman–Crippen MR) is 118 cm³/mol. The van der Waals surface area contributed by atoms with Gasteiger partial charge >= 0.3 is 0 Å². The molecule has 5 rings (SSSR count). The topological polar surface area (TPSA) is 107 Å². The van der Waals surface area contributed by atoms with Gasteiger partial charge in [0.05, 0.1) is 30.5 Å². The maximum atomic E-state index is 13.9. The molecular formula is C22H19ClF2N6O3. The van der Waals surface area contributed by atoms with Crippen LogP contribution in [0.5, 0.6) is 5.88 Å². The summed E-state index contributed by atoms with van der Waals surface area (Å²) in [6, 6.07) is 2.75. The number of hydrogen-bond acceptors (Lipinski definition) is 7. The molecule has 1 unspecified atom stereocenters. The average molecular weight is 489 g/mol. The Morgan fingerprint density at radius 2 is 2.15 bits per heavy atom. The van der Waals surface area contributed by atoms with Gasteiger partial charge in [0, 0.05) is 28.8 Å². The zero-order valence-electron chi connectivity index (χ0n) is 18.3. The van der Waals surface area contributed by atoms with E-state index in [1.165, 1.54) is 13.3 Å². The number of halogens is 3. The summed E-state index contributed by atoms with van der Waals surface area (Å²) >= 11 is 6.06. The number of oxazole rings is 1. The van der Waals surface area contributed by atoms with Gasteiger partial charge < -0.3 is 14.5 Å². The molecule has 0 radical (unpaired) electrons. The highest BCUT2D eigenvalue weighted by Gasteiger charge is 2.43. The number of anilines is 1. The molecule has 0 fully saturated rings. The van der Waals surface area contributed by atoms with Crippen molar-refractivity contribution in [2.24, 2.45) is 0 Å². The molecule has 9 nitrogen and oxygen atoms in total. The summed E-state index contributed by atoms with van der Waals surface area (Å²) in [4.78, 5) is 25.7. The lowest BCUT2D eigenvalue weighted by molar-refractivity contribution is -0.117. The maximum absolute atomic E-state index is 13.9. The van der Waals surface area contributed by atoms with Crippen LogP contribution in [0.25, 0.3) is 17.0 Å². The van der Waals surface area contributed by atoms with Crippen LogP contribution in [0.15, 0.2) is 35.3 Å². The van der Waals surface area contributed by atoms with Crippen molar-refractivity contribution in [3.05, 3.63) is 52.9 Å². The van der Waals surface area contributed by atoms with Crippen LogP contribution < -0.4 is 10.1 Å². The number of nitrogens with one attached hydrogen (secondary N) is 1. The highest BCUT2D eigenvalue weighted by molar-refractivity contribution is 6.29. The Hall–Kier alpha value is -3.60.